The fourth-order valence-corrected chi connectivity index (χ4v) is 3.26. The molecule has 3 aromatic carbocycles. The van der Waals surface area contributed by atoms with Gasteiger partial charge in [0.25, 0.3) is 5.91 Å². The van der Waals surface area contributed by atoms with Crippen molar-refractivity contribution in [3.63, 3.8) is 0 Å². The molecular weight excluding hydrogens is 382 g/mol. The second-order valence-electron chi connectivity index (χ2n) is 6.32. The van der Waals surface area contributed by atoms with Gasteiger partial charge in [0.2, 0.25) is 5.91 Å². The van der Waals surface area contributed by atoms with Crippen molar-refractivity contribution in [3.05, 3.63) is 102 Å². The van der Waals surface area contributed by atoms with Crippen LogP contribution in [0.15, 0.2) is 84.9 Å². The number of thiocarbonyl (C=S) groups is 1. The molecule has 3 rings (SSSR count). The largest absolute Gasteiger partial charge is 0.355 e. The average Bonchev–Trinajstić information content (AvgIpc) is 2.75. The van der Waals surface area contributed by atoms with Gasteiger partial charge in [-0.2, -0.15) is 0 Å². The van der Waals surface area contributed by atoms with Crippen LogP contribution in [0.4, 0.5) is 5.69 Å². The van der Waals surface area contributed by atoms with Crippen LogP contribution in [0.5, 0.6) is 0 Å². The second kappa shape index (κ2) is 9.61. The number of benzene rings is 3. The van der Waals surface area contributed by atoms with Gasteiger partial charge in [-0.1, -0.05) is 72.8 Å². The average molecular weight is 404 g/mol. The lowest BCUT2D eigenvalue weighted by atomic mass is 9.90. The van der Waals surface area contributed by atoms with Gasteiger partial charge in [-0.05, 0) is 35.5 Å². The summed E-state index contributed by atoms with van der Waals surface area (Å²) in [4.78, 5) is 25.1. The Morgan fingerprint density at radius 1 is 0.793 bits per heavy atom. The van der Waals surface area contributed by atoms with Crippen LogP contribution in [0.1, 0.15) is 27.4 Å². The molecule has 0 aromatic heterocycles. The van der Waals surface area contributed by atoms with Crippen molar-refractivity contribution in [2.24, 2.45) is 0 Å². The van der Waals surface area contributed by atoms with Crippen molar-refractivity contribution in [3.8, 4) is 0 Å². The minimum Gasteiger partial charge on any atom is -0.355 e. The maximum Gasteiger partial charge on any atom is 0.253 e. The molecule has 146 valence electrons. The van der Waals surface area contributed by atoms with Crippen molar-refractivity contribution in [2.45, 2.75) is 5.92 Å². The normalized spacial score (nSPS) is 10.3. The molecule has 0 aliphatic rings. The van der Waals surface area contributed by atoms with Crippen LogP contribution in [-0.4, -0.2) is 24.0 Å². The van der Waals surface area contributed by atoms with Gasteiger partial charge in [-0.3, -0.25) is 9.59 Å². The van der Waals surface area contributed by atoms with Gasteiger partial charge in [-0.15, -0.1) is 0 Å². The Bertz CT molecular complexity index is 967. The Morgan fingerprint density at radius 3 is 1.86 bits per heavy atom. The van der Waals surface area contributed by atoms with Crippen molar-refractivity contribution in [1.82, 2.24) is 10.6 Å². The third-order valence-electron chi connectivity index (χ3n) is 4.41. The molecule has 0 aliphatic heterocycles. The highest BCUT2D eigenvalue weighted by Gasteiger charge is 2.23. The first-order chi connectivity index (χ1) is 14.1. The van der Waals surface area contributed by atoms with E-state index in [9.17, 15) is 9.59 Å². The van der Waals surface area contributed by atoms with E-state index in [1.807, 2.05) is 60.7 Å². The van der Waals surface area contributed by atoms with E-state index >= 15 is 0 Å². The van der Waals surface area contributed by atoms with Gasteiger partial charge in [0.15, 0.2) is 5.11 Å². The van der Waals surface area contributed by atoms with Crippen molar-refractivity contribution >= 4 is 34.8 Å². The number of anilines is 1. The van der Waals surface area contributed by atoms with Crippen molar-refractivity contribution in [1.29, 1.82) is 0 Å². The zero-order valence-corrected chi connectivity index (χ0v) is 16.7. The molecule has 0 radical (unpaired) electrons. The monoisotopic (exact) mass is 403 g/mol. The summed E-state index contributed by atoms with van der Waals surface area (Å²) in [7, 11) is 1.56. The number of para-hydroxylation sites is 1. The number of nitrogens with one attached hydrogen (secondary N) is 3. The summed E-state index contributed by atoms with van der Waals surface area (Å²) in [5.74, 6) is -1.00. The van der Waals surface area contributed by atoms with Gasteiger partial charge in [-0.25, -0.2) is 0 Å². The number of amides is 2. The first-order valence-electron chi connectivity index (χ1n) is 9.13. The summed E-state index contributed by atoms with van der Waals surface area (Å²) in [5.41, 5.74) is 2.69. The van der Waals surface area contributed by atoms with Gasteiger partial charge in [0.1, 0.15) is 0 Å². The molecule has 5 nitrogen and oxygen atoms in total. The predicted octanol–water partition coefficient (Wildman–Crippen LogP) is 3.69. The molecule has 0 saturated heterocycles. The molecular formula is C23H21N3O2S. The predicted molar refractivity (Wildman–Crippen MR) is 119 cm³/mol. The van der Waals surface area contributed by atoms with Gasteiger partial charge < -0.3 is 16.0 Å². The Hall–Kier alpha value is -3.51. The maximum absolute atomic E-state index is 13.1. The molecule has 0 heterocycles. The summed E-state index contributed by atoms with van der Waals surface area (Å²) in [6, 6.07) is 26.0. The quantitative estimate of drug-likeness (QED) is 0.568. The molecule has 0 aliphatic carbocycles. The molecule has 0 saturated carbocycles. The summed E-state index contributed by atoms with van der Waals surface area (Å²) in [6.07, 6.45) is 0. The third-order valence-corrected chi connectivity index (χ3v) is 4.62. The highest BCUT2D eigenvalue weighted by atomic mass is 32.1. The number of carbonyl (C=O) groups is 2. The summed E-state index contributed by atoms with van der Waals surface area (Å²) >= 11 is 5.34. The number of carbonyl (C=O) groups excluding carboxylic acids is 2. The zero-order chi connectivity index (χ0) is 20.6. The molecule has 3 N–H and O–H groups in total. The zero-order valence-electron chi connectivity index (χ0n) is 15.9. The van der Waals surface area contributed by atoms with Crippen LogP contribution in [-0.2, 0) is 4.79 Å². The van der Waals surface area contributed by atoms with E-state index in [0.29, 0.717) is 11.3 Å². The molecule has 0 unspecified atom stereocenters. The molecule has 0 atom stereocenters. The highest BCUT2D eigenvalue weighted by Crippen LogP contribution is 2.25. The van der Waals surface area contributed by atoms with Crippen molar-refractivity contribution in [2.75, 3.05) is 12.4 Å². The second-order valence-corrected chi connectivity index (χ2v) is 6.73. The first-order valence-corrected chi connectivity index (χ1v) is 9.54. The van der Waals surface area contributed by atoms with Crippen LogP contribution >= 0.6 is 12.2 Å². The minimum absolute atomic E-state index is 0.128. The fourth-order valence-electron chi connectivity index (χ4n) is 3.05. The van der Waals surface area contributed by atoms with Gasteiger partial charge >= 0.3 is 0 Å². The van der Waals surface area contributed by atoms with E-state index in [1.165, 1.54) is 0 Å². The summed E-state index contributed by atoms with van der Waals surface area (Å²) in [6.45, 7) is 0. The SMILES string of the molecule is CNC(=O)c1ccccc1NC(=S)NC(=O)C(c1ccccc1)c1ccccc1. The van der Waals surface area contributed by atoms with Crippen LogP contribution in [0, 0.1) is 0 Å². The summed E-state index contributed by atoms with van der Waals surface area (Å²) < 4.78 is 0. The number of hydrogen-bond acceptors (Lipinski definition) is 3. The molecule has 29 heavy (non-hydrogen) atoms. The van der Waals surface area contributed by atoms with E-state index in [1.54, 1.807) is 31.3 Å². The van der Waals surface area contributed by atoms with Gasteiger partial charge in [0.05, 0.1) is 17.2 Å². The molecule has 0 bridgehead atoms. The topological polar surface area (TPSA) is 70.2 Å². The Kier molecular flexibility index (Phi) is 6.71. The molecule has 2 amide bonds. The van der Waals surface area contributed by atoms with E-state index < -0.39 is 5.92 Å². The van der Waals surface area contributed by atoms with E-state index in [0.717, 1.165) is 11.1 Å². The Morgan fingerprint density at radius 2 is 1.31 bits per heavy atom. The molecule has 0 spiro atoms. The number of rotatable bonds is 5. The smallest absolute Gasteiger partial charge is 0.253 e. The lowest BCUT2D eigenvalue weighted by molar-refractivity contribution is -0.120. The van der Waals surface area contributed by atoms with Crippen LogP contribution < -0.4 is 16.0 Å². The Labute approximate surface area is 175 Å². The third kappa shape index (κ3) is 5.06. The number of hydrogen-bond donors (Lipinski definition) is 3. The Balaban J connectivity index is 1.80. The van der Waals surface area contributed by atoms with E-state index in [-0.39, 0.29) is 16.9 Å². The van der Waals surface area contributed by atoms with Crippen LogP contribution in [0.25, 0.3) is 0 Å². The summed E-state index contributed by atoms with van der Waals surface area (Å²) in [5, 5.41) is 8.43. The van der Waals surface area contributed by atoms with Crippen molar-refractivity contribution < 1.29 is 9.59 Å². The molecule has 6 heteroatoms. The van der Waals surface area contributed by atoms with Crippen LogP contribution in [0.2, 0.25) is 0 Å². The lowest BCUT2D eigenvalue weighted by Gasteiger charge is -2.19. The maximum atomic E-state index is 13.1. The lowest BCUT2D eigenvalue weighted by Crippen LogP contribution is -2.38. The molecule has 3 aromatic rings. The highest BCUT2D eigenvalue weighted by molar-refractivity contribution is 7.80. The first kappa shape index (κ1) is 20.2. The van der Waals surface area contributed by atoms with E-state index in [2.05, 4.69) is 16.0 Å². The van der Waals surface area contributed by atoms with Crippen LogP contribution in [0.3, 0.4) is 0 Å². The minimum atomic E-state index is -0.508. The van der Waals surface area contributed by atoms with E-state index in [4.69, 9.17) is 12.2 Å². The fraction of sp³-hybridized carbons (Fsp3) is 0.0870. The van der Waals surface area contributed by atoms with Gasteiger partial charge in [0, 0.05) is 7.05 Å². The standard InChI is InChI=1S/C23H21N3O2S/c1-24-21(27)18-14-8-9-15-19(18)25-23(29)26-22(28)20(16-10-4-2-5-11-16)17-12-6-3-7-13-17/h2-15,20H,1H3,(H,24,27)(H2,25,26,28,29). The molecule has 0 fully saturated rings.